The minimum Gasteiger partial charge on any atom is -0.490 e. The van der Waals surface area contributed by atoms with Crippen LogP contribution in [0.5, 0.6) is 11.6 Å². The monoisotopic (exact) mass is 496 g/mol. The van der Waals surface area contributed by atoms with E-state index in [-0.39, 0.29) is 28.9 Å². The number of nitrogens with zero attached hydrogens (tertiary/aromatic N) is 2. The van der Waals surface area contributed by atoms with Crippen LogP contribution in [0, 0.1) is 5.82 Å². The van der Waals surface area contributed by atoms with Gasteiger partial charge in [-0.05, 0) is 42.0 Å². The van der Waals surface area contributed by atoms with Crippen molar-refractivity contribution in [3.63, 3.8) is 0 Å². The van der Waals surface area contributed by atoms with Gasteiger partial charge in [0.05, 0.1) is 14.2 Å². The summed E-state index contributed by atoms with van der Waals surface area (Å²) >= 11 is 3.40. The van der Waals surface area contributed by atoms with Crippen molar-refractivity contribution in [1.29, 1.82) is 0 Å². The molecule has 2 aromatic carbocycles. The van der Waals surface area contributed by atoms with Crippen LogP contribution in [-0.2, 0) is 6.42 Å². The number of halogens is 2. The Balaban J connectivity index is 1.69. The Morgan fingerprint density at radius 2 is 1.69 bits per heavy atom. The largest absolute Gasteiger partial charge is 0.490 e. The number of furan rings is 1. The first kappa shape index (κ1) is 21.7. The normalized spacial score (nSPS) is 10.8. The van der Waals surface area contributed by atoms with E-state index in [1.54, 1.807) is 24.3 Å². The summed E-state index contributed by atoms with van der Waals surface area (Å²) in [5, 5.41) is 0. The van der Waals surface area contributed by atoms with E-state index in [1.165, 1.54) is 26.4 Å². The summed E-state index contributed by atoms with van der Waals surface area (Å²) in [5.74, 6) is 0.464. The molecule has 0 unspecified atom stereocenters. The van der Waals surface area contributed by atoms with Crippen LogP contribution < -0.4 is 9.47 Å². The number of benzene rings is 2. The summed E-state index contributed by atoms with van der Waals surface area (Å²) in [4.78, 5) is 22.1. The molecule has 4 aromatic rings. The average Bonchev–Trinajstić information content (AvgIpc) is 3.28. The lowest BCUT2D eigenvalue weighted by atomic mass is 10.1. The molecule has 2 heterocycles. The Hall–Kier alpha value is -3.52. The number of hydrogen-bond acceptors (Lipinski definition) is 6. The Bertz CT molecular complexity index is 1250. The standard InChI is InChI=1S/C24H18BrFN2O4/c1-30-22-20(27-23(28-24(22)31-2)15-5-7-16(25)8-6-15)21(29)19-12-11-18(32-19)13-14-3-9-17(26)10-4-14/h3-12H,13H2,1-2H3. The second-order valence-corrected chi connectivity index (χ2v) is 7.76. The zero-order chi connectivity index (χ0) is 22.7. The molecule has 0 saturated heterocycles. The van der Waals surface area contributed by atoms with Crippen molar-refractivity contribution in [2.24, 2.45) is 0 Å². The lowest BCUT2D eigenvalue weighted by Gasteiger charge is -2.12. The Morgan fingerprint density at radius 1 is 0.969 bits per heavy atom. The lowest BCUT2D eigenvalue weighted by Crippen LogP contribution is -2.10. The van der Waals surface area contributed by atoms with Crippen molar-refractivity contribution in [3.05, 3.63) is 93.7 Å². The van der Waals surface area contributed by atoms with Gasteiger partial charge < -0.3 is 13.9 Å². The van der Waals surface area contributed by atoms with Crippen molar-refractivity contribution in [2.75, 3.05) is 14.2 Å². The second kappa shape index (κ2) is 9.32. The van der Waals surface area contributed by atoms with Gasteiger partial charge in [0.15, 0.2) is 17.3 Å². The molecular weight excluding hydrogens is 479 g/mol. The van der Waals surface area contributed by atoms with Gasteiger partial charge in [-0.3, -0.25) is 4.79 Å². The highest BCUT2D eigenvalue weighted by molar-refractivity contribution is 9.10. The van der Waals surface area contributed by atoms with Crippen molar-refractivity contribution in [3.8, 4) is 23.0 Å². The molecule has 0 aliphatic rings. The number of rotatable bonds is 7. The maximum Gasteiger partial charge on any atom is 0.261 e. The summed E-state index contributed by atoms with van der Waals surface area (Å²) in [6.45, 7) is 0. The SMILES string of the molecule is COc1nc(-c2ccc(Br)cc2)nc(C(=O)c2ccc(Cc3ccc(F)cc3)o2)c1OC. The van der Waals surface area contributed by atoms with Crippen LogP contribution in [-0.4, -0.2) is 30.0 Å². The molecule has 32 heavy (non-hydrogen) atoms. The van der Waals surface area contributed by atoms with Crippen LogP contribution in [0.4, 0.5) is 4.39 Å². The highest BCUT2D eigenvalue weighted by atomic mass is 79.9. The fraction of sp³-hybridized carbons (Fsp3) is 0.125. The van der Waals surface area contributed by atoms with Crippen LogP contribution in [0.1, 0.15) is 27.6 Å². The topological polar surface area (TPSA) is 74.5 Å². The summed E-state index contributed by atoms with van der Waals surface area (Å²) in [6, 6.07) is 16.7. The molecule has 8 heteroatoms. The van der Waals surface area contributed by atoms with Gasteiger partial charge in [-0.2, -0.15) is 4.98 Å². The lowest BCUT2D eigenvalue weighted by molar-refractivity contribution is 0.0998. The number of carbonyl (C=O) groups is 1. The molecule has 0 radical (unpaired) electrons. The first-order chi connectivity index (χ1) is 15.5. The Kier molecular flexibility index (Phi) is 6.32. The number of aromatic nitrogens is 2. The van der Waals surface area contributed by atoms with Gasteiger partial charge in [0.2, 0.25) is 5.75 Å². The van der Waals surface area contributed by atoms with E-state index < -0.39 is 5.78 Å². The third kappa shape index (κ3) is 4.55. The molecule has 0 bridgehead atoms. The Labute approximate surface area is 192 Å². The molecule has 0 N–H and O–H groups in total. The van der Waals surface area contributed by atoms with E-state index in [1.807, 2.05) is 24.3 Å². The van der Waals surface area contributed by atoms with Gasteiger partial charge in [0.1, 0.15) is 11.6 Å². The number of ether oxygens (including phenoxy) is 2. The molecule has 6 nitrogen and oxygen atoms in total. The van der Waals surface area contributed by atoms with Gasteiger partial charge in [0.25, 0.3) is 11.7 Å². The fourth-order valence-corrected chi connectivity index (χ4v) is 3.41. The number of ketones is 1. The molecule has 0 amide bonds. The van der Waals surface area contributed by atoms with Gasteiger partial charge >= 0.3 is 0 Å². The molecule has 162 valence electrons. The predicted molar refractivity (Wildman–Crippen MR) is 120 cm³/mol. The van der Waals surface area contributed by atoms with E-state index in [0.29, 0.717) is 23.6 Å². The fourth-order valence-electron chi connectivity index (χ4n) is 3.15. The quantitative estimate of drug-likeness (QED) is 0.315. The van der Waals surface area contributed by atoms with Crippen LogP contribution in [0.2, 0.25) is 0 Å². The molecule has 2 aromatic heterocycles. The summed E-state index contributed by atoms with van der Waals surface area (Å²) in [5.41, 5.74) is 1.60. The zero-order valence-corrected chi connectivity index (χ0v) is 18.8. The number of methoxy groups -OCH3 is 2. The first-order valence-electron chi connectivity index (χ1n) is 9.62. The van der Waals surface area contributed by atoms with E-state index >= 15 is 0 Å². The van der Waals surface area contributed by atoms with E-state index in [4.69, 9.17) is 13.9 Å². The molecule has 0 saturated carbocycles. The van der Waals surface area contributed by atoms with Crippen molar-refractivity contribution < 1.29 is 23.1 Å². The maximum absolute atomic E-state index is 13.3. The van der Waals surface area contributed by atoms with Crippen LogP contribution in [0.3, 0.4) is 0 Å². The molecule has 0 spiro atoms. The van der Waals surface area contributed by atoms with Crippen molar-refractivity contribution >= 4 is 21.7 Å². The van der Waals surface area contributed by atoms with Crippen LogP contribution >= 0.6 is 15.9 Å². The minimum atomic E-state index is -0.466. The summed E-state index contributed by atoms with van der Waals surface area (Å²) < 4.78 is 30.5. The van der Waals surface area contributed by atoms with Crippen molar-refractivity contribution in [1.82, 2.24) is 9.97 Å². The van der Waals surface area contributed by atoms with Gasteiger partial charge in [-0.15, -0.1) is 0 Å². The highest BCUT2D eigenvalue weighted by Crippen LogP contribution is 2.33. The molecule has 0 atom stereocenters. The minimum absolute atomic E-state index is 0.0277. The summed E-state index contributed by atoms with van der Waals surface area (Å²) in [6.07, 6.45) is 0.419. The third-order valence-corrected chi connectivity index (χ3v) is 5.26. The van der Waals surface area contributed by atoms with Crippen LogP contribution in [0.15, 0.2) is 69.6 Å². The molecule has 4 rings (SSSR count). The average molecular weight is 497 g/mol. The Morgan fingerprint density at radius 3 is 2.34 bits per heavy atom. The second-order valence-electron chi connectivity index (χ2n) is 6.84. The smallest absolute Gasteiger partial charge is 0.261 e. The highest BCUT2D eigenvalue weighted by Gasteiger charge is 2.25. The van der Waals surface area contributed by atoms with Gasteiger partial charge in [0, 0.05) is 16.5 Å². The van der Waals surface area contributed by atoms with E-state index in [9.17, 15) is 9.18 Å². The zero-order valence-electron chi connectivity index (χ0n) is 17.3. The number of carbonyl (C=O) groups excluding carboxylic acids is 1. The molecule has 0 aliphatic heterocycles. The molecule has 0 fully saturated rings. The maximum atomic E-state index is 13.3. The summed E-state index contributed by atoms with van der Waals surface area (Å²) in [7, 11) is 2.86. The van der Waals surface area contributed by atoms with Crippen molar-refractivity contribution in [2.45, 2.75) is 6.42 Å². The number of hydrogen-bond donors (Lipinski definition) is 0. The molecular formula is C24H18BrFN2O4. The van der Waals surface area contributed by atoms with Gasteiger partial charge in [-0.1, -0.05) is 40.2 Å². The van der Waals surface area contributed by atoms with E-state index in [2.05, 4.69) is 25.9 Å². The predicted octanol–water partition coefficient (Wildman–Crippen LogP) is 5.48. The van der Waals surface area contributed by atoms with Gasteiger partial charge in [-0.25, -0.2) is 9.37 Å². The van der Waals surface area contributed by atoms with E-state index in [0.717, 1.165) is 10.0 Å². The third-order valence-electron chi connectivity index (χ3n) is 4.73. The first-order valence-corrected chi connectivity index (χ1v) is 10.4. The molecule has 0 aliphatic carbocycles. The van der Waals surface area contributed by atoms with Crippen LogP contribution in [0.25, 0.3) is 11.4 Å².